The number of hydrogen-bond acceptors (Lipinski definition) is 3. The molecule has 5 nitrogen and oxygen atoms in total. The molecule has 1 heterocycles. The first-order chi connectivity index (χ1) is 13.7. The molecule has 7 heteroatoms. The Bertz CT molecular complexity index is 1110. The molecule has 0 unspecified atom stereocenters. The molecule has 3 rings (SSSR count). The fraction of sp³-hybridized carbons (Fsp3) is 0.273. The van der Waals surface area contributed by atoms with E-state index in [2.05, 4.69) is 0 Å². The van der Waals surface area contributed by atoms with Gasteiger partial charge in [-0.2, -0.15) is 0 Å². The number of nitrogens with zero attached hydrogens (tertiary/aromatic N) is 1. The summed E-state index contributed by atoms with van der Waals surface area (Å²) in [6.45, 7) is 3.75. The van der Waals surface area contributed by atoms with Gasteiger partial charge in [-0.05, 0) is 55.5 Å². The van der Waals surface area contributed by atoms with Crippen LogP contribution in [0.4, 0.5) is 4.39 Å². The molecule has 0 aliphatic carbocycles. The van der Waals surface area contributed by atoms with E-state index < -0.39 is 17.5 Å². The lowest BCUT2D eigenvalue weighted by atomic mass is 9.89. The molecule has 2 aromatic carbocycles. The molecular formula is C22H22ClFN2O3. The highest BCUT2D eigenvalue weighted by atomic mass is 35.5. The standard InChI is InChI=1S/C22H22ClFN2O3/c1-3-13(7-8-20(25)28)21-12(2)26(18-11-17(24)19(27)10-16(18)21)22(29)14-5-4-6-15(23)9-14/h4-6,9-11,13,27H,3,7-8H2,1-2H3,(H2,25,28)/t13-/m0/s1. The van der Waals surface area contributed by atoms with Crippen LogP contribution in [0.2, 0.25) is 5.02 Å². The second-order valence-corrected chi connectivity index (χ2v) is 7.52. The molecular weight excluding hydrogens is 395 g/mol. The highest BCUT2D eigenvalue weighted by molar-refractivity contribution is 6.31. The summed E-state index contributed by atoms with van der Waals surface area (Å²) in [4.78, 5) is 24.6. The van der Waals surface area contributed by atoms with Crippen molar-refractivity contribution in [1.82, 2.24) is 4.57 Å². The Hall–Kier alpha value is -2.86. The monoisotopic (exact) mass is 416 g/mol. The number of hydrogen-bond donors (Lipinski definition) is 2. The number of primary amides is 1. The Labute approximate surface area is 172 Å². The summed E-state index contributed by atoms with van der Waals surface area (Å²) in [7, 11) is 0. The minimum absolute atomic E-state index is 0.0803. The Balaban J connectivity index is 2.25. The first-order valence-electron chi connectivity index (χ1n) is 9.36. The summed E-state index contributed by atoms with van der Waals surface area (Å²) < 4.78 is 15.6. The molecule has 29 heavy (non-hydrogen) atoms. The number of carbonyl (C=O) groups is 2. The van der Waals surface area contributed by atoms with Crippen LogP contribution in [0.1, 0.15) is 53.7 Å². The van der Waals surface area contributed by atoms with Crippen molar-refractivity contribution in [3.05, 3.63) is 64.1 Å². The maximum Gasteiger partial charge on any atom is 0.262 e. The third-order valence-electron chi connectivity index (χ3n) is 5.24. The number of benzene rings is 2. The van der Waals surface area contributed by atoms with E-state index in [0.717, 1.165) is 11.6 Å². The Morgan fingerprint density at radius 1 is 1.28 bits per heavy atom. The van der Waals surface area contributed by atoms with Crippen LogP contribution in [0.15, 0.2) is 36.4 Å². The van der Waals surface area contributed by atoms with E-state index in [4.69, 9.17) is 17.3 Å². The summed E-state index contributed by atoms with van der Waals surface area (Å²) in [6, 6.07) is 9.02. The van der Waals surface area contributed by atoms with Gasteiger partial charge < -0.3 is 10.8 Å². The lowest BCUT2D eigenvalue weighted by molar-refractivity contribution is -0.118. The van der Waals surface area contributed by atoms with Crippen molar-refractivity contribution < 1.29 is 19.1 Å². The van der Waals surface area contributed by atoms with Crippen molar-refractivity contribution in [2.75, 3.05) is 0 Å². The quantitative estimate of drug-likeness (QED) is 0.599. The zero-order valence-corrected chi connectivity index (χ0v) is 17.0. The van der Waals surface area contributed by atoms with Crippen molar-refractivity contribution >= 4 is 34.3 Å². The highest BCUT2D eigenvalue weighted by Crippen LogP contribution is 2.38. The van der Waals surface area contributed by atoms with Crippen LogP contribution in [-0.4, -0.2) is 21.5 Å². The van der Waals surface area contributed by atoms with Crippen molar-refractivity contribution in [1.29, 1.82) is 0 Å². The van der Waals surface area contributed by atoms with E-state index in [0.29, 0.717) is 40.0 Å². The van der Waals surface area contributed by atoms with Crippen LogP contribution >= 0.6 is 11.6 Å². The maximum atomic E-state index is 14.2. The fourth-order valence-corrected chi connectivity index (χ4v) is 4.04. The van der Waals surface area contributed by atoms with Gasteiger partial charge in [0.2, 0.25) is 5.91 Å². The van der Waals surface area contributed by atoms with Crippen molar-refractivity contribution in [2.45, 2.75) is 39.0 Å². The van der Waals surface area contributed by atoms with Gasteiger partial charge in [0.05, 0.1) is 5.52 Å². The van der Waals surface area contributed by atoms with Gasteiger partial charge in [0.1, 0.15) is 0 Å². The number of amides is 1. The predicted octanol–water partition coefficient (Wildman–Crippen LogP) is 4.90. The maximum absolute atomic E-state index is 14.2. The minimum Gasteiger partial charge on any atom is -0.505 e. The molecule has 1 amide bonds. The molecule has 0 saturated carbocycles. The van der Waals surface area contributed by atoms with Gasteiger partial charge in [0.15, 0.2) is 11.6 Å². The summed E-state index contributed by atoms with van der Waals surface area (Å²) in [6.07, 6.45) is 1.38. The minimum atomic E-state index is -0.813. The number of carbonyl (C=O) groups excluding carboxylic acids is 2. The van der Waals surface area contributed by atoms with Crippen molar-refractivity contribution in [3.63, 3.8) is 0 Å². The Morgan fingerprint density at radius 3 is 2.62 bits per heavy atom. The van der Waals surface area contributed by atoms with Gasteiger partial charge in [-0.3, -0.25) is 14.2 Å². The average Bonchev–Trinajstić information content (AvgIpc) is 2.93. The number of aromatic hydroxyl groups is 1. The van der Waals surface area contributed by atoms with Crippen LogP contribution in [-0.2, 0) is 4.79 Å². The number of aromatic nitrogens is 1. The summed E-state index contributed by atoms with van der Waals surface area (Å²) in [5.74, 6) is -2.14. The lowest BCUT2D eigenvalue weighted by Gasteiger charge is -2.16. The predicted molar refractivity (Wildman–Crippen MR) is 111 cm³/mol. The zero-order valence-electron chi connectivity index (χ0n) is 16.2. The smallest absolute Gasteiger partial charge is 0.262 e. The summed E-state index contributed by atoms with van der Waals surface area (Å²) >= 11 is 6.03. The molecule has 0 aliphatic heterocycles. The van der Waals surface area contributed by atoms with E-state index >= 15 is 0 Å². The third kappa shape index (κ3) is 3.98. The van der Waals surface area contributed by atoms with Gasteiger partial charge in [0, 0.05) is 34.2 Å². The number of phenols is 1. The van der Waals surface area contributed by atoms with E-state index in [1.807, 2.05) is 6.92 Å². The van der Waals surface area contributed by atoms with Crippen LogP contribution in [0, 0.1) is 12.7 Å². The van der Waals surface area contributed by atoms with Gasteiger partial charge in [0.25, 0.3) is 5.91 Å². The zero-order chi connectivity index (χ0) is 21.3. The van der Waals surface area contributed by atoms with Gasteiger partial charge in [-0.25, -0.2) is 4.39 Å². The molecule has 0 bridgehead atoms. The summed E-state index contributed by atoms with van der Waals surface area (Å²) in [5, 5.41) is 10.9. The number of nitrogens with two attached hydrogens (primary N) is 1. The summed E-state index contributed by atoms with van der Waals surface area (Å²) in [5.41, 5.74) is 7.46. The Kier molecular flexibility index (Phi) is 5.94. The average molecular weight is 417 g/mol. The molecule has 3 aromatic rings. The highest BCUT2D eigenvalue weighted by Gasteiger charge is 2.26. The molecule has 0 aliphatic rings. The number of rotatable bonds is 6. The molecule has 0 fully saturated rings. The largest absolute Gasteiger partial charge is 0.505 e. The second-order valence-electron chi connectivity index (χ2n) is 7.08. The molecule has 3 N–H and O–H groups in total. The topological polar surface area (TPSA) is 85.3 Å². The fourth-order valence-electron chi connectivity index (χ4n) is 3.84. The van der Waals surface area contributed by atoms with E-state index in [1.54, 1.807) is 31.2 Å². The first kappa shape index (κ1) is 20.9. The lowest BCUT2D eigenvalue weighted by Crippen LogP contribution is -2.15. The van der Waals surface area contributed by atoms with Crippen LogP contribution < -0.4 is 5.73 Å². The number of fused-ring (bicyclic) bond motifs is 1. The van der Waals surface area contributed by atoms with Gasteiger partial charge >= 0.3 is 0 Å². The van der Waals surface area contributed by atoms with Gasteiger partial charge in [-0.15, -0.1) is 0 Å². The normalized spacial score (nSPS) is 12.3. The van der Waals surface area contributed by atoms with Gasteiger partial charge in [-0.1, -0.05) is 24.6 Å². The van der Waals surface area contributed by atoms with E-state index in [-0.39, 0.29) is 18.2 Å². The number of halogens is 2. The molecule has 0 saturated heterocycles. The van der Waals surface area contributed by atoms with Crippen LogP contribution in [0.5, 0.6) is 5.75 Å². The van der Waals surface area contributed by atoms with Crippen molar-refractivity contribution in [2.24, 2.45) is 5.73 Å². The Morgan fingerprint density at radius 2 is 2.00 bits per heavy atom. The molecule has 1 aromatic heterocycles. The molecule has 0 spiro atoms. The molecule has 152 valence electrons. The van der Waals surface area contributed by atoms with E-state index in [9.17, 15) is 19.1 Å². The third-order valence-corrected chi connectivity index (χ3v) is 5.47. The molecule has 0 radical (unpaired) electrons. The number of phenolic OH excluding ortho intramolecular Hbond substituents is 1. The SMILES string of the molecule is CC[C@@H](CCC(N)=O)c1c(C)n(C(=O)c2cccc(Cl)c2)c2cc(F)c(O)cc12. The second kappa shape index (κ2) is 8.25. The van der Waals surface area contributed by atoms with Crippen molar-refractivity contribution in [3.8, 4) is 5.75 Å². The van der Waals surface area contributed by atoms with Crippen LogP contribution in [0.3, 0.4) is 0 Å². The van der Waals surface area contributed by atoms with E-state index in [1.165, 1.54) is 10.6 Å². The van der Waals surface area contributed by atoms with Crippen LogP contribution in [0.25, 0.3) is 10.9 Å². The first-order valence-corrected chi connectivity index (χ1v) is 9.74. The molecule has 1 atom stereocenters.